The van der Waals surface area contributed by atoms with Crippen molar-refractivity contribution in [2.75, 3.05) is 25.6 Å². The number of hydrogen-bond donors (Lipinski definition) is 1. The Kier molecular flexibility index (Phi) is 9.64. The molecule has 1 atom stereocenters. The van der Waals surface area contributed by atoms with Crippen LogP contribution in [0.15, 0.2) is 0 Å². The first-order chi connectivity index (χ1) is 9.12. The second-order valence-electron chi connectivity index (χ2n) is 5.59. The fourth-order valence-electron chi connectivity index (χ4n) is 1.05. The zero-order valence-corrected chi connectivity index (χ0v) is 14.9. The van der Waals surface area contributed by atoms with Gasteiger partial charge in [0.15, 0.2) is 5.12 Å². The van der Waals surface area contributed by atoms with Gasteiger partial charge in [-0.05, 0) is 20.5 Å². The van der Waals surface area contributed by atoms with Crippen LogP contribution >= 0.6 is 20.1 Å². The van der Waals surface area contributed by atoms with Gasteiger partial charge in [-0.1, -0.05) is 32.5 Å². The maximum atomic E-state index is 11.7. The maximum absolute atomic E-state index is 11.7. The summed E-state index contributed by atoms with van der Waals surface area (Å²) in [4.78, 5) is 23.0. The second-order valence-corrected chi connectivity index (χ2v) is 8.23. The summed E-state index contributed by atoms with van der Waals surface area (Å²) in [7, 11) is -0.873. The van der Waals surface area contributed by atoms with Crippen LogP contribution in [0.3, 0.4) is 0 Å². The van der Waals surface area contributed by atoms with Crippen LogP contribution in [-0.2, 0) is 18.8 Å². The molecule has 0 aliphatic heterocycles. The minimum atomic E-state index is -0.873. The van der Waals surface area contributed by atoms with E-state index in [1.807, 2.05) is 41.3 Å². The highest BCUT2D eigenvalue weighted by molar-refractivity contribution is 8.13. The standard InChI is InChI=1S/C13H26NO4PS/c1-10(2)18-11(15)9-14-19(6)17-7-8-20-12(16)13(3,4)5/h10,14H,7-9H2,1-6H3. The summed E-state index contributed by atoms with van der Waals surface area (Å²) in [5.74, 6) is 0.344. The fourth-order valence-corrected chi connectivity index (χ4v) is 2.77. The van der Waals surface area contributed by atoms with Crippen molar-refractivity contribution in [3.8, 4) is 0 Å². The van der Waals surface area contributed by atoms with Gasteiger partial charge < -0.3 is 9.26 Å². The van der Waals surface area contributed by atoms with E-state index in [0.717, 1.165) is 0 Å². The van der Waals surface area contributed by atoms with E-state index in [4.69, 9.17) is 9.26 Å². The Morgan fingerprint density at radius 1 is 1.30 bits per heavy atom. The van der Waals surface area contributed by atoms with Gasteiger partial charge in [0.1, 0.15) is 0 Å². The van der Waals surface area contributed by atoms with E-state index in [0.29, 0.717) is 12.4 Å². The van der Waals surface area contributed by atoms with Crippen LogP contribution in [0, 0.1) is 5.41 Å². The Morgan fingerprint density at radius 3 is 2.40 bits per heavy atom. The summed E-state index contributed by atoms with van der Waals surface area (Å²) in [6.45, 7) is 11.8. The van der Waals surface area contributed by atoms with E-state index in [-0.39, 0.29) is 29.1 Å². The Balaban J connectivity index is 3.67. The van der Waals surface area contributed by atoms with Gasteiger partial charge in [-0.3, -0.25) is 14.7 Å². The number of esters is 1. The summed E-state index contributed by atoms with van der Waals surface area (Å²) >= 11 is 1.29. The molecule has 0 saturated heterocycles. The predicted octanol–water partition coefficient (Wildman–Crippen LogP) is 2.79. The molecule has 118 valence electrons. The smallest absolute Gasteiger partial charge is 0.320 e. The van der Waals surface area contributed by atoms with Gasteiger partial charge in [-0.15, -0.1) is 0 Å². The highest BCUT2D eigenvalue weighted by Gasteiger charge is 2.21. The first-order valence-corrected chi connectivity index (χ1v) is 9.29. The topological polar surface area (TPSA) is 64.6 Å². The minimum absolute atomic E-state index is 0.104. The van der Waals surface area contributed by atoms with Crippen molar-refractivity contribution in [1.29, 1.82) is 0 Å². The summed E-state index contributed by atoms with van der Waals surface area (Å²) < 4.78 is 10.5. The molecule has 5 nitrogen and oxygen atoms in total. The molecule has 1 N–H and O–H groups in total. The molecule has 0 aliphatic rings. The largest absolute Gasteiger partial charge is 0.462 e. The lowest BCUT2D eigenvalue weighted by atomic mass is 10.00. The van der Waals surface area contributed by atoms with Crippen LogP contribution in [0.5, 0.6) is 0 Å². The van der Waals surface area contributed by atoms with E-state index >= 15 is 0 Å². The molecule has 0 radical (unpaired) electrons. The van der Waals surface area contributed by atoms with Gasteiger partial charge in [0, 0.05) is 11.2 Å². The van der Waals surface area contributed by atoms with Gasteiger partial charge in [-0.2, -0.15) is 0 Å². The van der Waals surface area contributed by atoms with E-state index < -0.39 is 8.30 Å². The van der Waals surface area contributed by atoms with Crippen molar-refractivity contribution >= 4 is 31.1 Å². The summed E-state index contributed by atoms with van der Waals surface area (Å²) in [6, 6.07) is 0. The lowest BCUT2D eigenvalue weighted by molar-refractivity contribution is -0.145. The fraction of sp³-hybridized carbons (Fsp3) is 0.846. The molecule has 0 heterocycles. The molecule has 20 heavy (non-hydrogen) atoms. The summed E-state index contributed by atoms with van der Waals surface area (Å²) in [6.07, 6.45) is -0.104. The third-order valence-corrected chi connectivity index (χ3v) is 4.45. The first-order valence-electron chi connectivity index (χ1n) is 6.59. The van der Waals surface area contributed by atoms with Gasteiger partial charge >= 0.3 is 5.97 Å². The SMILES string of the molecule is CC(C)OC(=O)CNP(C)OCCSC(=O)C(C)(C)C. The van der Waals surface area contributed by atoms with Gasteiger partial charge in [0.05, 0.1) is 27.6 Å². The number of nitrogens with one attached hydrogen (secondary N) is 1. The van der Waals surface area contributed by atoms with Crippen LogP contribution < -0.4 is 5.09 Å². The third-order valence-electron chi connectivity index (χ3n) is 2.03. The van der Waals surface area contributed by atoms with Crippen molar-refractivity contribution in [3.63, 3.8) is 0 Å². The van der Waals surface area contributed by atoms with E-state index in [1.165, 1.54) is 11.8 Å². The van der Waals surface area contributed by atoms with E-state index in [1.54, 1.807) is 0 Å². The highest BCUT2D eigenvalue weighted by Crippen LogP contribution is 2.27. The van der Waals surface area contributed by atoms with Crippen molar-refractivity contribution in [2.45, 2.75) is 40.7 Å². The number of carbonyl (C=O) groups excluding carboxylic acids is 2. The molecule has 0 bridgehead atoms. The zero-order chi connectivity index (χ0) is 15.8. The molecule has 7 heteroatoms. The number of thioether (sulfide) groups is 1. The molecular formula is C13H26NO4PS. The monoisotopic (exact) mass is 323 g/mol. The number of rotatable bonds is 8. The molecule has 0 aliphatic carbocycles. The predicted molar refractivity (Wildman–Crippen MR) is 84.9 cm³/mol. The number of hydrogen-bond acceptors (Lipinski definition) is 6. The van der Waals surface area contributed by atoms with Crippen molar-refractivity contribution < 1.29 is 18.8 Å². The molecule has 0 aromatic heterocycles. The van der Waals surface area contributed by atoms with Crippen LogP contribution in [0.2, 0.25) is 0 Å². The Hall–Kier alpha value is -0.160. The molecular weight excluding hydrogens is 297 g/mol. The van der Waals surface area contributed by atoms with Crippen molar-refractivity contribution in [3.05, 3.63) is 0 Å². The van der Waals surface area contributed by atoms with Crippen molar-refractivity contribution in [2.24, 2.45) is 5.41 Å². The third kappa shape index (κ3) is 10.6. The summed E-state index contributed by atoms with van der Waals surface area (Å²) in [5, 5.41) is 3.14. The van der Waals surface area contributed by atoms with E-state index in [2.05, 4.69) is 5.09 Å². The quantitative estimate of drug-likeness (QED) is 0.421. The Morgan fingerprint density at radius 2 is 1.90 bits per heavy atom. The average molecular weight is 323 g/mol. The number of carbonyl (C=O) groups is 2. The average Bonchev–Trinajstić information content (AvgIpc) is 2.29. The van der Waals surface area contributed by atoms with Gasteiger partial charge in [-0.25, -0.2) is 0 Å². The Bertz CT molecular complexity index is 318. The second kappa shape index (κ2) is 9.72. The molecule has 0 aromatic rings. The molecule has 0 fully saturated rings. The van der Waals surface area contributed by atoms with Crippen LogP contribution in [0.4, 0.5) is 0 Å². The van der Waals surface area contributed by atoms with Crippen LogP contribution in [0.25, 0.3) is 0 Å². The normalized spacial score (nSPS) is 13.3. The number of ether oxygens (including phenoxy) is 1. The minimum Gasteiger partial charge on any atom is -0.462 e. The van der Waals surface area contributed by atoms with Crippen molar-refractivity contribution in [1.82, 2.24) is 5.09 Å². The molecule has 0 saturated carbocycles. The highest BCUT2D eigenvalue weighted by atomic mass is 32.2. The van der Waals surface area contributed by atoms with Gasteiger partial charge in [0.25, 0.3) is 0 Å². The molecule has 0 amide bonds. The zero-order valence-electron chi connectivity index (χ0n) is 13.2. The maximum Gasteiger partial charge on any atom is 0.320 e. The lowest BCUT2D eigenvalue weighted by Gasteiger charge is -2.17. The lowest BCUT2D eigenvalue weighted by Crippen LogP contribution is -2.24. The van der Waals surface area contributed by atoms with Crippen LogP contribution in [-0.4, -0.2) is 42.8 Å². The Labute approximate surface area is 127 Å². The first kappa shape index (κ1) is 19.8. The van der Waals surface area contributed by atoms with Crippen LogP contribution in [0.1, 0.15) is 34.6 Å². The molecule has 0 spiro atoms. The molecule has 0 rings (SSSR count). The van der Waals surface area contributed by atoms with E-state index in [9.17, 15) is 9.59 Å². The molecule has 0 aromatic carbocycles. The molecule has 1 unspecified atom stereocenters. The van der Waals surface area contributed by atoms with Gasteiger partial charge in [0.2, 0.25) is 0 Å². The summed E-state index contributed by atoms with van der Waals surface area (Å²) in [5.41, 5.74) is -0.319.